The molecule has 1 fully saturated rings. The van der Waals surface area contributed by atoms with E-state index in [0.717, 1.165) is 62.8 Å². The van der Waals surface area contributed by atoms with Crippen LogP contribution in [0.1, 0.15) is 11.4 Å². The van der Waals surface area contributed by atoms with Gasteiger partial charge in [0.15, 0.2) is 0 Å². The average Bonchev–Trinajstić information content (AvgIpc) is 3.21. The van der Waals surface area contributed by atoms with Crippen LogP contribution < -0.4 is 10.5 Å². The van der Waals surface area contributed by atoms with Crippen molar-refractivity contribution < 1.29 is 9.47 Å². The van der Waals surface area contributed by atoms with E-state index < -0.39 is 0 Å². The fourth-order valence-corrected chi connectivity index (χ4v) is 4.32. The summed E-state index contributed by atoms with van der Waals surface area (Å²) in [7, 11) is 1.63. The zero-order valence-corrected chi connectivity index (χ0v) is 17.9. The van der Waals surface area contributed by atoms with Gasteiger partial charge in [0.25, 0.3) is 5.56 Å². The summed E-state index contributed by atoms with van der Waals surface area (Å²) in [6.45, 7) is 7.94. The second-order valence-corrected chi connectivity index (χ2v) is 8.10. The van der Waals surface area contributed by atoms with Gasteiger partial charge < -0.3 is 14.4 Å². The maximum Gasteiger partial charge on any atom is 0.261 e. The number of methoxy groups -OCH3 is 1. The molecule has 0 bridgehead atoms. The molecular weight excluding hydrogens is 396 g/mol. The first-order chi connectivity index (χ1) is 15.2. The molecule has 4 heterocycles. The van der Waals surface area contributed by atoms with Gasteiger partial charge in [0.2, 0.25) is 0 Å². The first kappa shape index (κ1) is 20.2. The molecule has 0 unspecified atom stereocenters. The topological polar surface area (TPSA) is 77.7 Å². The highest BCUT2D eigenvalue weighted by molar-refractivity contribution is 5.81. The van der Waals surface area contributed by atoms with Crippen LogP contribution in [0.15, 0.2) is 35.4 Å². The van der Waals surface area contributed by atoms with E-state index in [1.807, 2.05) is 18.2 Å². The molecule has 9 nitrogen and oxygen atoms in total. The summed E-state index contributed by atoms with van der Waals surface area (Å²) in [6, 6.07) is 8.12. The molecular formula is C22H28N6O3. The van der Waals surface area contributed by atoms with Crippen LogP contribution in [0.2, 0.25) is 0 Å². The molecule has 0 atom stereocenters. The molecule has 0 amide bonds. The summed E-state index contributed by atoms with van der Waals surface area (Å²) in [5.74, 6) is 0. The normalized spacial score (nSPS) is 17.3. The zero-order chi connectivity index (χ0) is 21.2. The number of anilines is 1. The Kier molecular flexibility index (Phi) is 5.71. The monoisotopic (exact) mass is 424 g/mol. The van der Waals surface area contributed by atoms with E-state index in [-0.39, 0.29) is 5.56 Å². The van der Waals surface area contributed by atoms with E-state index in [1.54, 1.807) is 18.0 Å². The second kappa shape index (κ2) is 8.78. The number of piperazine rings is 1. The zero-order valence-electron chi connectivity index (χ0n) is 17.9. The van der Waals surface area contributed by atoms with Gasteiger partial charge in [-0.3, -0.25) is 18.9 Å². The molecule has 2 aliphatic heterocycles. The number of benzene rings is 1. The van der Waals surface area contributed by atoms with Gasteiger partial charge in [-0.1, -0.05) is 0 Å². The van der Waals surface area contributed by atoms with Gasteiger partial charge in [0.05, 0.1) is 61.5 Å². The number of aromatic nitrogens is 4. The van der Waals surface area contributed by atoms with Crippen molar-refractivity contribution in [3.63, 3.8) is 0 Å². The molecule has 31 heavy (non-hydrogen) atoms. The molecule has 5 rings (SSSR count). The van der Waals surface area contributed by atoms with E-state index in [2.05, 4.69) is 25.5 Å². The Morgan fingerprint density at radius 2 is 2.00 bits per heavy atom. The molecule has 9 heteroatoms. The van der Waals surface area contributed by atoms with Crippen molar-refractivity contribution in [1.29, 1.82) is 0 Å². The third-order valence-electron chi connectivity index (χ3n) is 6.08. The van der Waals surface area contributed by atoms with Crippen molar-refractivity contribution in [2.24, 2.45) is 0 Å². The minimum atomic E-state index is -0.0217. The molecule has 1 aromatic carbocycles. The number of nitrogens with zero attached hydrogens (tertiary/aromatic N) is 6. The SMILES string of the molecule is COCCn1cnc2cc(N3CCN(Cc4cc5n(n4)CCOC5)CC3)ccc2c1=O. The van der Waals surface area contributed by atoms with Gasteiger partial charge in [0.1, 0.15) is 0 Å². The number of hydrogen-bond donors (Lipinski definition) is 0. The molecule has 0 radical (unpaired) electrons. The molecule has 3 aromatic rings. The Morgan fingerprint density at radius 3 is 2.81 bits per heavy atom. The minimum Gasteiger partial charge on any atom is -0.383 e. The summed E-state index contributed by atoms with van der Waals surface area (Å²) >= 11 is 0. The van der Waals surface area contributed by atoms with Gasteiger partial charge in [0, 0.05) is 45.5 Å². The molecule has 1 saturated heterocycles. The van der Waals surface area contributed by atoms with E-state index in [1.165, 1.54) is 5.69 Å². The summed E-state index contributed by atoms with van der Waals surface area (Å²) in [6.07, 6.45) is 1.61. The van der Waals surface area contributed by atoms with Crippen LogP contribution in [-0.4, -0.2) is 70.7 Å². The number of rotatable bonds is 6. The van der Waals surface area contributed by atoms with Crippen molar-refractivity contribution >= 4 is 16.6 Å². The molecule has 0 N–H and O–H groups in total. The smallest absolute Gasteiger partial charge is 0.261 e. The maximum absolute atomic E-state index is 12.6. The average molecular weight is 425 g/mol. The molecule has 0 spiro atoms. The summed E-state index contributed by atoms with van der Waals surface area (Å²) in [4.78, 5) is 22.0. The van der Waals surface area contributed by atoms with Crippen LogP contribution in [0.25, 0.3) is 10.9 Å². The van der Waals surface area contributed by atoms with Gasteiger partial charge in [-0.05, 0) is 24.3 Å². The summed E-state index contributed by atoms with van der Waals surface area (Å²) in [5.41, 5.74) is 4.12. The molecule has 2 aromatic heterocycles. The van der Waals surface area contributed by atoms with Crippen molar-refractivity contribution in [1.82, 2.24) is 24.2 Å². The van der Waals surface area contributed by atoms with Gasteiger partial charge >= 0.3 is 0 Å². The van der Waals surface area contributed by atoms with Gasteiger partial charge in [-0.15, -0.1) is 0 Å². The Bertz CT molecular complexity index is 1090. The van der Waals surface area contributed by atoms with Crippen LogP contribution in [-0.2, 0) is 35.7 Å². The van der Waals surface area contributed by atoms with Crippen LogP contribution in [0.5, 0.6) is 0 Å². The number of hydrogen-bond acceptors (Lipinski definition) is 7. The lowest BCUT2D eigenvalue weighted by Gasteiger charge is -2.35. The largest absolute Gasteiger partial charge is 0.383 e. The van der Waals surface area contributed by atoms with E-state index in [9.17, 15) is 4.79 Å². The standard InChI is InChI=1S/C22H28N6O3/c1-30-10-8-27-16-23-21-13-18(2-3-20(21)22(27)29)26-6-4-25(5-7-26)14-17-12-19-15-31-11-9-28(19)24-17/h2-3,12-13,16H,4-11,14-15H2,1H3. The fourth-order valence-electron chi connectivity index (χ4n) is 4.32. The van der Waals surface area contributed by atoms with Crippen molar-refractivity contribution in [3.8, 4) is 0 Å². The highest BCUT2D eigenvalue weighted by Gasteiger charge is 2.20. The lowest BCUT2D eigenvalue weighted by atomic mass is 10.2. The Balaban J connectivity index is 1.23. The van der Waals surface area contributed by atoms with Gasteiger partial charge in [-0.2, -0.15) is 5.10 Å². The van der Waals surface area contributed by atoms with Crippen molar-refractivity contribution in [3.05, 3.63) is 52.3 Å². The molecule has 0 aliphatic carbocycles. The lowest BCUT2D eigenvalue weighted by molar-refractivity contribution is 0.0799. The quantitative estimate of drug-likeness (QED) is 0.586. The third-order valence-corrected chi connectivity index (χ3v) is 6.08. The van der Waals surface area contributed by atoms with Crippen molar-refractivity contribution in [2.75, 3.05) is 51.4 Å². The van der Waals surface area contributed by atoms with Crippen molar-refractivity contribution in [2.45, 2.75) is 26.2 Å². The molecule has 164 valence electrons. The first-order valence-corrected chi connectivity index (χ1v) is 10.8. The summed E-state index contributed by atoms with van der Waals surface area (Å²) < 4.78 is 14.3. The Morgan fingerprint density at radius 1 is 1.13 bits per heavy atom. The Hall–Kier alpha value is -2.75. The lowest BCUT2D eigenvalue weighted by Crippen LogP contribution is -2.46. The minimum absolute atomic E-state index is 0.0217. The van der Waals surface area contributed by atoms with E-state index >= 15 is 0 Å². The Labute approximate surface area is 180 Å². The highest BCUT2D eigenvalue weighted by Crippen LogP contribution is 2.21. The number of ether oxygens (including phenoxy) is 2. The van der Waals surface area contributed by atoms with E-state index in [4.69, 9.17) is 14.6 Å². The first-order valence-electron chi connectivity index (χ1n) is 10.8. The van der Waals surface area contributed by atoms with Gasteiger partial charge in [-0.25, -0.2) is 4.98 Å². The van der Waals surface area contributed by atoms with Crippen LogP contribution in [0, 0.1) is 0 Å². The third kappa shape index (κ3) is 4.21. The highest BCUT2D eigenvalue weighted by atomic mass is 16.5. The predicted molar refractivity (Wildman–Crippen MR) is 117 cm³/mol. The fraction of sp³-hybridized carbons (Fsp3) is 0.500. The molecule has 2 aliphatic rings. The molecule has 0 saturated carbocycles. The van der Waals surface area contributed by atoms with Crippen LogP contribution in [0.4, 0.5) is 5.69 Å². The number of fused-ring (bicyclic) bond motifs is 2. The summed E-state index contributed by atoms with van der Waals surface area (Å²) in [5, 5.41) is 5.37. The van der Waals surface area contributed by atoms with Crippen LogP contribution >= 0.6 is 0 Å². The van der Waals surface area contributed by atoms with Crippen LogP contribution in [0.3, 0.4) is 0 Å². The predicted octanol–water partition coefficient (Wildman–Crippen LogP) is 1.09. The maximum atomic E-state index is 12.6. The second-order valence-electron chi connectivity index (χ2n) is 8.10. The van der Waals surface area contributed by atoms with E-state index in [0.29, 0.717) is 25.1 Å².